The number of carbonyl (C=O) groups excluding carboxylic acids is 1. The van der Waals surface area contributed by atoms with Crippen molar-refractivity contribution in [2.45, 2.75) is 41.2 Å². The Hall–Kier alpha value is -1.42. The third-order valence-corrected chi connectivity index (χ3v) is 2.85. The lowest BCUT2D eigenvalue weighted by Gasteiger charge is -2.28. The second kappa shape index (κ2) is 5.48. The first-order valence-corrected chi connectivity index (χ1v) is 6.19. The molecule has 18 heavy (non-hydrogen) atoms. The van der Waals surface area contributed by atoms with Crippen molar-refractivity contribution in [3.05, 3.63) is 23.4 Å². The minimum absolute atomic E-state index is 0.0293. The number of hydrogen-bond donors (Lipinski definition) is 1. The van der Waals surface area contributed by atoms with E-state index in [-0.39, 0.29) is 12.5 Å². The lowest BCUT2D eigenvalue weighted by molar-refractivity contribution is -0.125. The van der Waals surface area contributed by atoms with Crippen LogP contribution in [-0.2, 0) is 11.4 Å². The maximum absolute atomic E-state index is 12.3. The van der Waals surface area contributed by atoms with Crippen molar-refractivity contribution in [1.29, 1.82) is 0 Å². The van der Waals surface area contributed by atoms with Gasteiger partial charge in [0.1, 0.15) is 5.82 Å². The third-order valence-electron chi connectivity index (χ3n) is 2.85. The highest BCUT2D eigenvalue weighted by atomic mass is 16.3. The zero-order valence-electron chi connectivity index (χ0n) is 11.8. The lowest BCUT2D eigenvalue weighted by atomic mass is 9.94. The van der Waals surface area contributed by atoms with Gasteiger partial charge in [-0.15, -0.1) is 0 Å². The Bertz CT molecular complexity index is 436. The summed E-state index contributed by atoms with van der Waals surface area (Å²) >= 11 is 0. The van der Waals surface area contributed by atoms with E-state index in [2.05, 4.69) is 4.98 Å². The van der Waals surface area contributed by atoms with Gasteiger partial charge in [0.05, 0.1) is 6.61 Å². The highest BCUT2D eigenvalue weighted by Crippen LogP contribution is 2.23. The third kappa shape index (κ3) is 3.07. The van der Waals surface area contributed by atoms with Crippen molar-refractivity contribution in [3.63, 3.8) is 0 Å². The monoisotopic (exact) mass is 250 g/mol. The van der Waals surface area contributed by atoms with Gasteiger partial charge < -0.3 is 5.11 Å². The summed E-state index contributed by atoms with van der Waals surface area (Å²) < 4.78 is 0. The molecule has 4 heteroatoms. The van der Waals surface area contributed by atoms with Gasteiger partial charge in [-0.05, 0) is 31.0 Å². The molecular formula is C14H22N2O2. The van der Waals surface area contributed by atoms with Gasteiger partial charge in [0.25, 0.3) is 0 Å². The number of rotatable bonds is 3. The Morgan fingerprint density at radius 2 is 2.06 bits per heavy atom. The molecule has 1 heterocycles. The van der Waals surface area contributed by atoms with Crippen molar-refractivity contribution in [2.75, 3.05) is 11.4 Å². The number of anilines is 1. The minimum atomic E-state index is -0.429. The van der Waals surface area contributed by atoms with Crippen LogP contribution in [0, 0.1) is 12.3 Å². The number of amides is 1. The van der Waals surface area contributed by atoms with E-state index in [0.29, 0.717) is 12.4 Å². The lowest BCUT2D eigenvalue weighted by Crippen LogP contribution is -2.40. The Morgan fingerprint density at radius 3 is 2.44 bits per heavy atom. The molecule has 0 bridgehead atoms. The van der Waals surface area contributed by atoms with E-state index >= 15 is 0 Å². The van der Waals surface area contributed by atoms with Crippen molar-refractivity contribution in [3.8, 4) is 0 Å². The number of aryl methyl sites for hydroxylation is 1. The van der Waals surface area contributed by atoms with Crippen LogP contribution in [0.5, 0.6) is 0 Å². The fourth-order valence-electron chi connectivity index (χ4n) is 1.70. The fraction of sp³-hybridized carbons (Fsp3) is 0.571. The molecule has 1 amide bonds. The average Bonchev–Trinajstić information content (AvgIpc) is 2.29. The number of aliphatic hydroxyl groups excluding tert-OH is 1. The number of pyridine rings is 1. The second-order valence-corrected chi connectivity index (χ2v) is 5.43. The number of aromatic nitrogens is 1. The van der Waals surface area contributed by atoms with E-state index in [4.69, 9.17) is 5.11 Å². The summed E-state index contributed by atoms with van der Waals surface area (Å²) in [6.07, 6.45) is 1.63. The standard InChI is InChI=1S/C14H22N2O2/c1-6-16(13(18)14(3,4)5)12-7-10(2)11(9-17)8-15-12/h7-8,17H,6,9H2,1-5H3. The van der Waals surface area contributed by atoms with E-state index in [1.165, 1.54) is 0 Å². The van der Waals surface area contributed by atoms with Crippen molar-refractivity contribution in [2.24, 2.45) is 5.41 Å². The summed E-state index contributed by atoms with van der Waals surface area (Å²) in [6.45, 7) is 10.1. The number of hydrogen-bond acceptors (Lipinski definition) is 3. The van der Waals surface area contributed by atoms with Gasteiger partial charge in [-0.1, -0.05) is 20.8 Å². The predicted octanol–water partition coefficient (Wildman–Crippen LogP) is 2.28. The molecule has 100 valence electrons. The normalized spacial score (nSPS) is 11.4. The van der Waals surface area contributed by atoms with Gasteiger partial charge in [0.15, 0.2) is 0 Å². The predicted molar refractivity (Wildman–Crippen MR) is 72.4 cm³/mol. The Balaban J connectivity index is 3.10. The molecule has 0 saturated heterocycles. The van der Waals surface area contributed by atoms with Crippen LogP contribution in [0.3, 0.4) is 0 Å². The molecule has 0 unspecified atom stereocenters. The van der Waals surface area contributed by atoms with Gasteiger partial charge in [-0.2, -0.15) is 0 Å². The first-order chi connectivity index (χ1) is 8.31. The zero-order valence-corrected chi connectivity index (χ0v) is 11.8. The molecule has 1 aromatic rings. The first kappa shape index (κ1) is 14.6. The summed E-state index contributed by atoms with van der Waals surface area (Å²) in [6, 6.07) is 1.85. The van der Waals surface area contributed by atoms with Gasteiger partial charge in [0.2, 0.25) is 5.91 Å². The Kier molecular flexibility index (Phi) is 4.46. The molecule has 0 aliphatic heterocycles. The molecule has 1 rings (SSSR count). The van der Waals surface area contributed by atoms with E-state index in [1.807, 2.05) is 40.7 Å². The molecule has 0 saturated carbocycles. The van der Waals surface area contributed by atoms with Crippen molar-refractivity contribution < 1.29 is 9.90 Å². The summed E-state index contributed by atoms with van der Waals surface area (Å²) in [4.78, 5) is 18.2. The van der Waals surface area contributed by atoms with Crippen LogP contribution in [0.1, 0.15) is 38.8 Å². The molecule has 1 aromatic heterocycles. The van der Waals surface area contributed by atoms with Crippen LogP contribution >= 0.6 is 0 Å². The van der Waals surface area contributed by atoms with Gasteiger partial charge in [0, 0.05) is 18.2 Å². The smallest absolute Gasteiger partial charge is 0.233 e. The second-order valence-electron chi connectivity index (χ2n) is 5.43. The van der Waals surface area contributed by atoms with E-state index in [0.717, 1.165) is 11.1 Å². The highest BCUT2D eigenvalue weighted by molar-refractivity contribution is 5.96. The molecule has 0 spiro atoms. The van der Waals surface area contributed by atoms with E-state index in [9.17, 15) is 4.79 Å². The van der Waals surface area contributed by atoms with Crippen LogP contribution in [0.2, 0.25) is 0 Å². The van der Waals surface area contributed by atoms with E-state index < -0.39 is 5.41 Å². The molecule has 0 aliphatic carbocycles. The molecule has 0 atom stereocenters. The minimum Gasteiger partial charge on any atom is -0.392 e. The van der Waals surface area contributed by atoms with Crippen molar-refractivity contribution >= 4 is 11.7 Å². The SMILES string of the molecule is CCN(C(=O)C(C)(C)C)c1cc(C)c(CO)cn1. The zero-order chi connectivity index (χ0) is 13.9. The molecule has 0 radical (unpaired) electrons. The van der Waals surface area contributed by atoms with Crippen LogP contribution in [-0.4, -0.2) is 22.5 Å². The van der Waals surface area contributed by atoms with Crippen LogP contribution in [0.4, 0.5) is 5.82 Å². The molecule has 1 N–H and O–H groups in total. The Labute approximate surface area is 109 Å². The van der Waals surface area contributed by atoms with E-state index in [1.54, 1.807) is 11.1 Å². The number of aliphatic hydroxyl groups is 1. The maximum Gasteiger partial charge on any atom is 0.233 e. The summed E-state index contributed by atoms with van der Waals surface area (Å²) in [7, 11) is 0. The average molecular weight is 250 g/mol. The highest BCUT2D eigenvalue weighted by Gasteiger charge is 2.28. The number of nitrogens with zero attached hydrogens (tertiary/aromatic N) is 2. The van der Waals surface area contributed by atoms with Gasteiger partial charge in [-0.3, -0.25) is 9.69 Å². The molecule has 4 nitrogen and oxygen atoms in total. The number of carbonyl (C=O) groups is 1. The first-order valence-electron chi connectivity index (χ1n) is 6.19. The molecular weight excluding hydrogens is 228 g/mol. The molecule has 0 aromatic carbocycles. The summed E-state index contributed by atoms with van der Waals surface area (Å²) in [5.74, 6) is 0.695. The summed E-state index contributed by atoms with van der Waals surface area (Å²) in [5.41, 5.74) is 1.31. The summed E-state index contributed by atoms with van der Waals surface area (Å²) in [5, 5.41) is 9.12. The fourth-order valence-corrected chi connectivity index (χ4v) is 1.70. The topological polar surface area (TPSA) is 53.4 Å². The van der Waals surface area contributed by atoms with Crippen LogP contribution < -0.4 is 4.90 Å². The largest absolute Gasteiger partial charge is 0.392 e. The van der Waals surface area contributed by atoms with Crippen molar-refractivity contribution in [1.82, 2.24) is 4.98 Å². The maximum atomic E-state index is 12.3. The van der Waals surface area contributed by atoms with Crippen LogP contribution in [0.25, 0.3) is 0 Å². The van der Waals surface area contributed by atoms with Gasteiger partial charge in [-0.25, -0.2) is 4.98 Å². The van der Waals surface area contributed by atoms with Crippen LogP contribution in [0.15, 0.2) is 12.3 Å². The Morgan fingerprint density at radius 1 is 1.44 bits per heavy atom. The molecule has 0 fully saturated rings. The molecule has 0 aliphatic rings. The quantitative estimate of drug-likeness (QED) is 0.895. The van der Waals surface area contributed by atoms with Gasteiger partial charge >= 0.3 is 0 Å².